The number of hydrogen-bond donors (Lipinski definition) is 2. The molecule has 28 heavy (non-hydrogen) atoms. The van der Waals surface area contributed by atoms with Crippen molar-refractivity contribution in [3.8, 4) is 5.75 Å². The van der Waals surface area contributed by atoms with Crippen molar-refractivity contribution in [1.29, 1.82) is 0 Å². The Labute approximate surface area is 184 Å². The standard InChI is InChI=1S/C20H31N5O2.HI/c1-16-7-8-18(19(12-16)27-11-10-26-4)14-23-20(21-2)22-9-5-6-17-13-24-25(3)15-17;/h7-8,12-13,15H,5-6,9-11,14H2,1-4H3,(H2,21,22,23);1H. The molecule has 0 saturated heterocycles. The fourth-order valence-corrected chi connectivity index (χ4v) is 2.68. The first-order valence-corrected chi connectivity index (χ1v) is 9.25. The quantitative estimate of drug-likeness (QED) is 0.227. The number of halogens is 1. The van der Waals surface area contributed by atoms with E-state index >= 15 is 0 Å². The van der Waals surface area contributed by atoms with Crippen LogP contribution in [0.25, 0.3) is 0 Å². The lowest BCUT2D eigenvalue weighted by atomic mass is 10.1. The molecule has 0 radical (unpaired) electrons. The molecule has 0 fully saturated rings. The summed E-state index contributed by atoms with van der Waals surface area (Å²) < 4.78 is 12.7. The molecule has 0 unspecified atom stereocenters. The predicted molar refractivity (Wildman–Crippen MR) is 124 cm³/mol. The third-order valence-corrected chi connectivity index (χ3v) is 4.13. The van der Waals surface area contributed by atoms with E-state index in [1.807, 2.05) is 17.9 Å². The third kappa shape index (κ3) is 8.47. The molecule has 2 aromatic rings. The summed E-state index contributed by atoms with van der Waals surface area (Å²) in [4.78, 5) is 4.29. The summed E-state index contributed by atoms with van der Waals surface area (Å²) in [5, 5.41) is 10.9. The summed E-state index contributed by atoms with van der Waals surface area (Å²) >= 11 is 0. The van der Waals surface area contributed by atoms with Crippen molar-refractivity contribution in [2.75, 3.05) is 33.9 Å². The zero-order chi connectivity index (χ0) is 19.5. The van der Waals surface area contributed by atoms with Crippen LogP contribution in [0.15, 0.2) is 35.6 Å². The van der Waals surface area contributed by atoms with Crippen LogP contribution in [0.2, 0.25) is 0 Å². The molecule has 8 heteroatoms. The molecule has 156 valence electrons. The molecule has 2 rings (SSSR count). The van der Waals surface area contributed by atoms with E-state index in [-0.39, 0.29) is 24.0 Å². The first kappa shape index (κ1) is 24.2. The molecule has 0 aliphatic heterocycles. The number of nitrogens with zero attached hydrogens (tertiary/aromatic N) is 3. The van der Waals surface area contributed by atoms with Crippen LogP contribution in [0.3, 0.4) is 0 Å². The average molecular weight is 501 g/mol. The van der Waals surface area contributed by atoms with Crippen LogP contribution in [0, 0.1) is 6.92 Å². The number of ether oxygens (including phenoxy) is 2. The van der Waals surface area contributed by atoms with Crippen LogP contribution in [0.5, 0.6) is 5.75 Å². The Kier molecular flexibility index (Phi) is 11.6. The van der Waals surface area contributed by atoms with E-state index < -0.39 is 0 Å². The number of aromatic nitrogens is 2. The minimum Gasteiger partial charge on any atom is -0.491 e. The molecule has 1 heterocycles. The van der Waals surface area contributed by atoms with E-state index in [1.165, 1.54) is 11.1 Å². The van der Waals surface area contributed by atoms with Crippen LogP contribution < -0.4 is 15.4 Å². The number of benzene rings is 1. The van der Waals surface area contributed by atoms with Crippen molar-refractivity contribution in [3.05, 3.63) is 47.3 Å². The number of aliphatic imine (C=N–C) groups is 1. The molecule has 0 amide bonds. The Hall–Kier alpha value is -1.81. The lowest BCUT2D eigenvalue weighted by Crippen LogP contribution is -2.37. The average Bonchev–Trinajstić information content (AvgIpc) is 3.08. The summed E-state index contributed by atoms with van der Waals surface area (Å²) in [6.45, 7) is 4.66. The largest absolute Gasteiger partial charge is 0.491 e. The van der Waals surface area contributed by atoms with Crippen molar-refractivity contribution in [1.82, 2.24) is 20.4 Å². The number of aryl methyl sites for hydroxylation is 3. The van der Waals surface area contributed by atoms with E-state index in [0.717, 1.165) is 36.7 Å². The van der Waals surface area contributed by atoms with Crippen molar-refractivity contribution in [2.45, 2.75) is 26.3 Å². The van der Waals surface area contributed by atoms with E-state index in [2.05, 4.69) is 52.0 Å². The maximum absolute atomic E-state index is 5.84. The summed E-state index contributed by atoms with van der Waals surface area (Å²) in [7, 11) is 5.39. The van der Waals surface area contributed by atoms with Gasteiger partial charge in [-0.3, -0.25) is 9.67 Å². The Morgan fingerprint density at radius 1 is 1.25 bits per heavy atom. The fraction of sp³-hybridized carbons (Fsp3) is 0.500. The molecule has 0 atom stereocenters. The lowest BCUT2D eigenvalue weighted by molar-refractivity contribution is 0.145. The molecular weight excluding hydrogens is 469 g/mol. The molecule has 0 bridgehead atoms. The van der Waals surface area contributed by atoms with E-state index in [4.69, 9.17) is 9.47 Å². The zero-order valence-corrected chi connectivity index (χ0v) is 19.5. The third-order valence-electron chi connectivity index (χ3n) is 4.13. The topological polar surface area (TPSA) is 72.7 Å². The van der Waals surface area contributed by atoms with Gasteiger partial charge in [0.05, 0.1) is 12.8 Å². The molecule has 7 nitrogen and oxygen atoms in total. The van der Waals surface area contributed by atoms with Gasteiger partial charge in [0.15, 0.2) is 5.96 Å². The maximum Gasteiger partial charge on any atom is 0.191 e. The van der Waals surface area contributed by atoms with Crippen LogP contribution >= 0.6 is 24.0 Å². The van der Waals surface area contributed by atoms with E-state index in [0.29, 0.717) is 19.8 Å². The Morgan fingerprint density at radius 3 is 2.75 bits per heavy atom. The highest BCUT2D eigenvalue weighted by Gasteiger charge is 2.06. The number of guanidine groups is 1. The van der Waals surface area contributed by atoms with Gasteiger partial charge in [-0.05, 0) is 37.0 Å². The van der Waals surface area contributed by atoms with Gasteiger partial charge in [0.1, 0.15) is 12.4 Å². The second-order valence-electron chi connectivity index (χ2n) is 6.43. The Bertz CT molecular complexity index is 733. The van der Waals surface area contributed by atoms with Crippen molar-refractivity contribution in [2.24, 2.45) is 12.0 Å². The molecule has 1 aromatic heterocycles. The monoisotopic (exact) mass is 501 g/mol. The van der Waals surface area contributed by atoms with Gasteiger partial charge in [0, 0.05) is 46.1 Å². The molecular formula is C20H32IN5O2. The van der Waals surface area contributed by atoms with Crippen molar-refractivity contribution >= 4 is 29.9 Å². The molecule has 0 aliphatic carbocycles. The fourth-order valence-electron chi connectivity index (χ4n) is 2.68. The number of nitrogens with one attached hydrogen (secondary N) is 2. The SMILES string of the molecule is CN=C(NCCCc1cnn(C)c1)NCc1ccc(C)cc1OCCOC.I. The first-order chi connectivity index (χ1) is 13.1. The molecule has 0 saturated carbocycles. The predicted octanol–water partition coefficient (Wildman–Crippen LogP) is 2.67. The highest BCUT2D eigenvalue weighted by Crippen LogP contribution is 2.20. The van der Waals surface area contributed by atoms with Crippen LogP contribution in [0.1, 0.15) is 23.1 Å². The van der Waals surface area contributed by atoms with Gasteiger partial charge in [-0.1, -0.05) is 12.1 Å². The maximum atomic E-state index is 5.84. The van der Waals surface area contributed by atoms with Crippen molar-refractivity contribution < 1.29 is 9.47 Å². The number of methoxy groups -OCH3 is 1. The molecule has 2 N–H and O–H groups in total. The van der Waals surface area contributed by atoms with Gasteiger partial charge in [0.2, 0.25) is 0 Å². The van der Waals surface area contributed by atoms with Gasteiger partial charge in [-0.15, -0.1) is 24.0 Å². The van der Waals surface area contributed by atoms with Crippen molar-refractivity contribution in [3.63, 3.8) is 0 Å². The van der Waals surface area contributed by atoms with Gasteiger partial charge < -0.3 is 20.1 Å². The van der Waals surface area contributed by atoms with Crippen LogP contribution in [0.4, 0.5) is 0 Å². The van der Waals surface area contributed by atoms with Gasteiger partial charge in [0.25, 0.3) is 0 Å². The molecule has 1 aromatic carbocycles. The van der Waals surface area contributed by atoms with Crippen LogP contribution in [-0.2, 0) is 24.8 Å². The van der Waals surface area contributed by atoms with E-state index in [1.54, 1.807) is 14.2 Å². The van der Waals surface area contributed by atoms with Crippen LogP contribution in [-0.4, -0.2) is 49.7 Å². The number of rotatable bonds is 10. The lowest BCUT2D eigenvalue weighted by Gasteiger charge is -2.15. The molecule has 0 spiro atoms. The second kappa shape index (κ2) is 13.4. The first-order valence-electron chi connectivity index (χ1n) is 9.25. The minimum absolute atomic E-state index is 0. The second-order valence-corrected chi connectivity index (χ2v) is 6.43. The Morgan fingerprint density at radius 2 is 2.07 bits per heavy atom. The van der Waals surface area contributed by atoms with Gasteiger partial charge in [-0.2, -0.15) is 5.10 Å². The summed E-state index contributed by atoms with van der Waals surface area (Å²) in [6, 6.07) is 6.22. The highest BCUT2D eigenvalue weighted by atomic mass is 127. The smallest absolute Gasteiger partial charge is 0.191 e. The molecule has 0 aliphatic rings. The zero-order valence-electron chi connectivity index (χ0n) is 17.2. The summed E-state index contributed by atoms with van der Waals surface area (Å²) in [5.41, 5.74) is 3.51. The summed E-state index contributed by atoms with van der Waals surface area (Å²) in [5.74, 6) is 1.66. The minimum atomic E-state index is 0. The van der Waals surface area contributed by atoms with Gasteiger partial charge in [-0.25, -0.2) is 0 Å². The highest BCUT2D eigenvalue weighted by molar-refractivity contribution is 14.0. The summed E-state index contributed by atoms with van der Waals surface area (Å²) in [6.07, 6.45) is 5.97. The number of hydrogen-bond acceptors (Lipinski definition) is 4. The normalized spacial score (nSPS) is 11.1. The Balaban J connectivity index is 0.00000392. The van der Waals surface area contributed by atoms with Gasteiger partial charge >= 0.3 is 0 Å². The van der Waals surface area contributed by atoms with E-state index in [9.17, 15) is 0 Å².